The van der Waals surface area contributed by atoms with Gasteiger partial charge in [-0.1, -0.05) is 0 Å². The van der Waals surface area contributed by atoms with Gasteiger partial charge in [0.15, 0.2) is 0 Å². The van der Waals surface area contributed by atoms with E-state index in [1.54, 1.807) is 6.07 Å². The van der Waals surface area contributed by atoms with E-state index in [2.05, 4.69) is 9.72 Å². The second-order valence-corrected chi connectivity index (χ2v) is 3.22. The third-order valence-electron chi connectivity index (χ3n) is 2.04. The van der Waals surface area contributed by atoms with Gasteiger partial charge in [0.1, 0.15) is 5.56 Å². The van der Waals surface area contributed by atoms with Crippen LogP contribution in [0.1, 0.15) is 23.2 Å². The smallest absolute Gasteiger partial charge is 0.422 e. The van der Waals surface area contributed by atoms with E-state index in [0.29, 0.717) is 6.07 Å². The molecule has 0 fully saturated rings. The van der Waals surface area contributed by atoms with E-state index in [1.165, 1.54) is 0 Å². The molecule has 0 unspecified atom stereocenters. The molecule has 8 heteroatoms. The van der Waals surface area contributed by atoms with Gasteiger partial charge in [-0.25, -0.2) is 13.8 Å². The van der Waals surface area contributed by atoms with E-state index in [1.807, 2.05) is 0 Å². The predicted molar refractivity (Wildman–Crippen MR) is 50.1 cm³/mol. The summed E-state index contributed by atoms with van der Waals surface area (Å²) in [5.41, 5.74) is -3.04. The average Bonchev–Trinajstić information content (AvgIpc) is 2.26. The van der Waals surface area contributed by atoms with Gasteiger partial charge in [0.05, 0.1) is 25.3 Å². The van der Waals surface area contributed by atoms with E-state index < -0.39 is 29.6 Å². The Morgan fingerprint density at radius 2 is 2.06 bits per heavy atom. The molecule has 0 saturated carbocycles. The number of methoxy groups -OCH3 is 1. The Morgan fingerprint density at radius 3 is 2.44 bits per heavy atom. The molecule has 0 amide bonds. The van der Waals surface area contributed by atoms with Crippen LogP contribution >= 0.6 is 0 Å². The molecule has 0 aliphatic carbocycles. The summed E-state index contributed by atoms with van der Waals surface area (Å²) in [4.78, 5) is 3.39. The van der Waals surface area contributed by atoms with Gasteiger partial charge in [-0.15, -0.1) is 0 Å². The van der Waals surface area contributed by atoms with Gasteiger partial charge in [0, 0.05) is 5.56 Å². The largest absolute Gasteiger partial charge is 0.481 e. The summed E-state index contributed by atoms with van der Waals surface area (Å²) < 4.78 is 67.6. The van der Waals surface area contributed by atoms with Crippen LogP contribution in [0.5, 0.6) is 5.88 Å². The highest BCUT2D eigenvalue weighted by molar-refractivity contribution is 5.40. The van der Waals surface area contributed by atoms with Crippen molar-refractivity contribution < 1.29 is 26.7 Å². The fraction of sp³-hybridized carbons (Fsp3) is 0.400. The van der Waals surface area contributed by atoms with Gasteiger partial charge in [0.25, 0.3) is 6.43 Å². The highest BCUT2D eigenvalue weighted by atomic mass is 19.4. The number of ether oxygens (including phenoxy) is 1. The summed E-state index contributed by atoms with van der Waals surface area (Å²) in [5, 5.41) is 8.40. The number of rotatable bonds is 3. The Morgan fingerprint density at radius 1 is 1.44 bits per heavy atom. The summed E-state index contributed by atoms with van der Waals surface area (Å²) in [5.74, 6) is -0.953. The molecule has 0 bridgehead atoms. The van der Waals surface area contributed by atoms with E-state index in [-0.39, 0.29) is 12.1 Å². The Hall–Kier alpha value is -1.91. The third kappa shape index (κ3) is 2.85. The summed E-state index contributed by atoms with van der Waals surface area (Å²) in [6, 6.07) is 2.18. The quantitative estimate of drug-likeness (QED) is 0.789. The van der Waals surface area contributed by atoms with Crippen LogP contribution in [0.25, 0.3) is 0 Å². The fourth-order valence-corrected chi connectivity index (χ4v) is 1.37. The molecule has 0 aliphatic heterocycles. The molecule has 0 atom stereocenters. The van der Waals surface area contributed by atoms with Crippen molar-refractivity contribution in [1.82, 2.24) is 4.98 Å². The lowest BCUT2D eigenvalue weighted by Crippen LogP contribution is -2.14. The zero-order valence-corrected chi connectivity index (χ0v) is 9.05. The normalized spacial score (nSPS) is 11.4. The van der Waals surface area contributed by atoms with Crippen molar-refractivity contribution in [2.75, 3.05) is 7.11 Å². The maximum atomic E-state index is 12.7. The SMILES string of the molecule is COc1nc(CC#N)cc(C(F)F)c1C(F)(F)F. The Kier molecular flexibility index (Phi) is 4.06. The molecular weight excluding hydrogens is 259 g/mol. The topological polar surface area (TPSA) is 45.9 Å². The van der Waals surface area contributed by atoms with Crippen LogP contribution in [0.3, 0.4) is 0 Å². The van der Waals surface area contributed by atoms with E-state index >= 15 is 0 Å². The Balaban J connectivity index is 3.52. The van der Waals surface area contributed by atoms with E-state index in [9.17, 15) is 22.0 Å². The monoisotopic (exact) mass is 266 g/mol. The van der Waals surface area contributed by atoms with E-state index in [4.69, 9.17) is 5.26 Å². The zero-order chi connectivity index (χ0) is 13.9. The number of hydrogen-bond acceptors (Lipinski definition) is 3. The predicted octanol–water partition coefficient (Wildman–Crippen LogP) is 3.11. The fourth-order valence-electron chi connectivity index (χ4n) is 1.37. The first-order valence-electron chi connectivity index (χ1n) is 4.61. The standard InChI is InChI=1S/C10H7F5N2O/c1-18-9-7(10(13,14)15)6(8(11)12)4-5(17-9)2-3-16/h4,8H,2H2,1H3. The highest BCUT2D eigenvalue weighted by Gasteiger charge is 2.40. The highest BCUT2D eigenvalue weighted by Crippen LogP contribution is 2.41. The Bertz CT molecular complexity index is 478. The number of nitriles is 1. The van der Waals surface area contributed by atoms with Crippen LogP contribution in [0.15, 0.2) is 6.07 Å². The van der Waals surface area contributed by atoms with Crippen LogP contribution < -0.4 is 4.74 Å². The lowest BCUT2D eigenvalue weighted by molar-refractivity contribution is -0.141. The minimum Gasteiger partial charge on any atom is -0.481 e. The van der Waals surface area contributed by atoms with Gasteiger partial charge >= 0.3 is 6.18 Å². The molecule has 1 aromatic rings. The molecule has 1 aromatic heterocycles. The van der Waals surface area contributed by atoms with Crippen LogP contribution in [0, 0.1) is 11.3 Å². The maximum absolute atomic E-state index is 12.7. The summed E-state index contributed by atoms with van der Waals surface area (Å²) in [7, 11) is 0.892. The Labute approximate surface area is 98.8 Å². The number of pyridine rings is 1. The molecule has 3 nitrogen and oxygen atoms in total. The maximum Gasteiger partial charge on any atom is 0.422 e. The van der Waals surface area contributed by atoms with Crippen LogP contribution in [0.4, 0.5) is 22.0 Å². The number of nitrogens with zero attached hydrogens (tertiary/aromatic N) is 2. The number of halogens is 5. The minimum absolute atomic E-state index is 0.197. The van der Waals surface area contributed by atoms with Gasteiger partial charge in [-0.05, 0) is 6.07 Å². The molecular formula is C10H7F5N2O. The molecule has 1 heterocycles. The molecule has 18 heavy (non-hydrogen) atoms. The first-order chi connectivity index (χ1) is 8.31. The molecule has 0 radical (unpaired) electrons. The lowest BCUT2D eigenvalue weighted by Gasteiger charge is -2.16. The van der Waals surface area contributed by atoms with Crippen molar-refractivity contribution in [3.63, 3.8) is 0 Å². The average molecular weight is 266 g/mol. The van der Waals surface area contributed by atoms with E-state index in [0.717, 1.165) is 7.11 Å². The van der Waals surface area contributed by atoms with Crippen LogP contribution in [0.2, 0.25) is 0 Å². The summed E-state index contributed by atoms with van der Waals surface area (Å²) in [6.07, 6.45) is -8.72. The molecule has 0 N–H and O–H groups in total. The number of hydrogen-bond donors (Lipinski definition) is 0. The van der Waals surface area contributed by atoms with Crippen molar-refractivity contribution in [1.29, 1.82) is 5.26 Å². The second kappa shape index (κ2) is 5.16. The number of aromatic nitrogens is 1. The van der Waals surface area contributed by atoms with Gasteiger partial charge in [0.2, 0.25) is 5.88 Å². The van der Waals surface area contributed by atoms with Crippen molar-refractivity contribution >= 4 is 0 Å². The second-order valence-electron chi connectivity index (χ2n) is 3.22. The summed E-state index contributed by atoms with van der Waals surface area (Å²) >= 11 is 0. The van der Waals surface area contributed by atoms with Gasteiger partial charge < -0.3 is 4.74 Å². The third-order valence-corrected chi connectivity index (χ3v) is 2.04. The first-order valence-corrected chi connectivity index (χ1v) is 4.61. The summed E-state index contributed by atoms with van der Waals surface area (Å²) in [6.45, 7) is 0. The molecule has 0 saturated heterocycles. The molecule has 1 rings (SSSR count). The lowest BCUT2D eigenvalue weighted by atomic mass is 10.1. The van der Waals surface area contributed by atoms with Crippen molar-refractivity contribution in [2.24, 2.45) is 0 Å². The van der Waals surface area contributed by atoms with Crippen LogP contribution in [-0.2, 0) is 12.6 Å². The van der Waals surface area contributed by atoms with Crippen molar-refractivity contribution in [2.45, 2.75) is 19.0 Å². The van der Waals surface area contributed by atoms with Gasteiger partial charge in [-0.2, -0.15) is 18.4 Å². The molecule has 0 aliphatic rings. The zero-order valence-electron chi connectivity index (χ0n) is 9.05. The van der Waals surface area contributed by atoms with Crippen LogP contribution in [-0.4, -0.2) is 12.1 Å². The van der Waals surface area contributed by atoms with Crippen molar-refractivity contribution in [3.8, 4) is 11.9 Å². The first kappa shape index (κ1) is 14.2. The van der Waals surface area contributed by atoms with Gasteiger partial charge in [-0.3, -0.25) is 0 Å². The minimum atomic E-state index is -5.00. The number of alkyl halides is 5. The molecule has 0 aromatic carbocycles. The molecule has 0 spiro atoms. The molecule has 98 valence electrons. The van der Waals surface area contributed by atoms with Crippen molar-refractivity contribution in [3.05, 3.63) is 22.9 Å².